The van der Waals surface area contributed by atoms with Gasteiger partial charge in [-0.3, -0.25) is 0 Å². The lowest BCUT2D eigenvalue weighted by Gasteiger charge is -2.12. The predicted octanol–water partition coefficient (Wildman–Crippen LogP) is 6.18. The molecule has 0 amide bonds. The van der Waals surface area contributed by atoms with Gasteiger partial charge in [-0.2, -0.15) is 0 Å². The van der Waals surface area contributed by atoms with E-state index in [2.05, 4.69) is 10.1 Å². The fourth-order valence-electron chi connectivity index (χ4n) is 3.71. The van der Waals surface area contributed by atoms with Crippen LogP contribution in [0.15, 0.2) is 82.4 Å². The van der Waals surface area contributed by atoms with E-state index >= 15 is 0 Å². The third-order valence-corrected chi connectivity index (χ3v) is 5.69. The fourth-order valence-corrected chi connectivity index (χ4v) is 3.71. The van der Waals surface area contributed by atoms with Gasteiger partial charge in [-0.1, -0.05) is 53.2 Å². The van der Waals surface area contributed by atoms with Gasteiger partial charge in [0.05, 0.1) is 6.61 Å². The van der Waals surface area contributed by atoms with Crippen molar-refractivity contribution in [3.8, 4) is 17.2 Å². The first-order valence-electron chi connectivity index (χ1n) is 12.1. The summed E-state index contributed by atoms with van der Waals surface area (Å²) in [5, 5.41) is 4.48. The SMILES string of the molecule is CCOC(=O)COc1ccc(/C(=N/OCc2nc(-c3ccc(C)cc3)oc2C)c2ccccc2)cc1C. The topological polar surface area (TPSA) is 83.2 Å². The normalized spacial score (nSPS) is 11.3. The van der Waals surface area contributed by atoms with Crippen molar-refractivity contribution in [3.63, 3.8) is 0 Å². The number of hydrogen-bond donors (Lipinski definition) is 0. The molecule has 0 N–H and O–H groups in total. The first-order chi connectivity index (χ1) is 17.9. The van der Waals surface area contributed by atoms with Crippen LogP contribution in [0.25, 0.3) is 11.5 Å². The molecule has 0 fully saturated rings. The number of aromatic nitrogens is 1. The van der Waals surface area contributed by atoms with Crippen LogP contribution in [0.5, 0.6) is 5.75 Å². The molecule has 0 aliphatic rings. The van der Waals surface area contributed by atoms with Gasteiger partial charge in [0.25, 0.3) is 0 Å². The van der Waals surface area contributed by atoms with Crippen LogP contribution in [-0.2, 0) is 21.0 Å². The number of aryl methyl sites for hydroxylation is 3. The molecule has 0 unspecified atom stereocenters. The summed E-state index contributed by atoms with van der Waals surface area (Å²) < 4.78 is 16.4. The lowest BCUT2D eigenvalue weighted by molar-refractivity contribution is -0.145. The molecule has 3 aromatic carbocycles. The molecule has 190 valence electrons. The Balaban J connectivity index is 1.53. The molecule has 37 heavy (non-hydrogen) atoms. The highest BCUT2D eigenvalue weighted by atomic mass is 16.6. The average Bonchev–Trinajstić information content (AvgIpc) is 3.27. The van der Waals surface area contributed by atoms with Crippen molar-refractivity contribution in [1.82, 2.24) is 4.98 Å². The van der Waals surface area contributed by atoms with Gasteiger partial charge >= 0.3 is 5.97 Å². The number of rotatable bonds is 10. The molecule has 0 aliphatic heterocycles. The highest BCUT2D eigenvalue weighted by Gasteiger charge is 2.14. The zero-order valence-corrected chi connectivity index (χ0v) is 21.5. The molecule has 0 saturated heterocycles. The van der Waals surface area contributed by atoms with Crippen molar-refractivity contribution in [1.29, 1.82) is 0 Å². The Morgan fingerprint density at radius 3 is 2.41 bits per heavy atom. The zero-order valence-electron chi connectivity index (χ0n) is 21.5. The number of esters is 1. The standard InChI is InChI=1S/C30H30N2O5/c1-5-34-28(33)19-35-27-16-15-25(17-21(27)3)29(23-9-7-6-8-10-23)32-36-18-26-22(4)37-30(31-26)24-13-11-20(2)12-14-24/h6-17H,5,18-19H2,1-4H3/b32-29+. The highest BCUT2D eigenvalue weighted by Crippen LogP contribution is 2.24. The summed E-state index contributed by atoms with van der Waals surface area (Å²) in [6.45, 7) is 7.92. The van der Waals surface area contributed by atoms with Gasteiger partial charge < -0.3 is 18.7 Å². The molecule has 0 aliphatic carbocycles. The van der Waals surface area contributed by atoms with Gasteiger partial charge in [0.1, 0.15) is 22.9 Å². The maximum Gasteiger partial charge on any atom is 0.344 e. The maximum atomic E-state index is 11.6. The van der Waals surface area contributed by atoms with Gasteiger partial charge in [-0.15, -0.1) is 0 Å². The lowest BCUT2D eigenvalue weighted by atomic mass is 10.0. The van der Waals surface area contributed by atoms with Gasteiger partial charge in [0.2, 0.25) is 5.89 Å². The maximum absolute atomic E-state index is 11.6. The first kappa shape index (κ1) is 25.7. The minimum Gasteiger partial charge on any atom is -0.482 e. The van der Waals surface area contributed by atoms with E-state index in [9.17, 15) is 4.79 Å². The zero-order chi connectivity index (χ0) is 26.2. The molecular formula is C30H30N2O5. The second-order valence-electron chi connectivity index (χ2n) is 8.54. The Kier molecular flexibility index (Phi) is 8.36. The molecule has 0 bridgehead atoms. The smallest absolute Gasteiger partial charge is 0.344 e. The van der Waals surface area contributed by atoms with Gasteiger partial charge in [-0.25, -0.2) is 9.78 Å². The quantitative estimate of drug-likeness (QED) is 0.148. The number of hydrogen-bond acceptors (Lipinski definition) is 7. The lowest BCUT2D eigenvalue weighted by Crippen LogP contribution is -2.15. The number of carbonyl (C=O) groups excluding carboxylic acids is 1. The molecule has 0 atom stereocenters. The average molecular weight is 499 g/mol. The second kappa shape index (κ2) is 12.0. The summed E-state index contributed by atoms with van der Waals surface area (Å²) in [5.74, 6) is 1.44. The molecule has 7 heteroatoms. The van der Waals surface area contributed by atoms with Crippen molar-refractivity contribution in [2.75, 3.05) is 13.2 Å². The summed E-state index contributed by atoms with van der Waals surface area (Å²) in [6.07, 6.45) is 0. The van der Waals surface area contributed by atoms with E-state index in [-0.39, 0.29) is 13.2 Å². The molecule has 4 aromatic rings. The van der Waals surface area contributed by atoms with Gasteiger partial charge in [-0.05, 0) is 63.6 Å². The van der Waals surface area contributed by atoms with Gasteiger partial charge in [0.15, 0.2) is 13.2 Å². The van der Waals surface area contributed by atoms with Crippen LogP contribution in [0.3, 0.4) is 0 Å². The summed E-state index contributed by atoms with van der Waals surface area (Å²) in [6, 6.07) is 23.5. The first-order valence-corrected chi connectivity index (χ1v) is 12.1. The van der Waals surface area contributed by atoms with Crippen LogP contribution in [-0.4, -0.2) is 29.9 Å². The van der Waals surface area contributed by atoms with Crippen molar-refractivity contribution in [2.24, 2.45) is 5.16 Å². The molecule has 0 radical (unpaired) electrons. The molecular weight excluding hydrogens is 468 g/mol. The number of nitrogens with zero attached hydrogens (tertiary/aromatic N) is 2. The number of oxazole rings is 1. The van der Waals surface area contributed by atoms with Crippen LogP contribution in [0.4, 0.5) is 0 Å². The number of oxime groups is 1. The monoisotopic (exact) mass is 498 g/mol. The molecule has 1 heterocycles. The minimum absolute atomic E-state index is 0.140. The van der Waals surface area contributed by atoms with Crippen molar-refractivity contribution < 1.29 is 23.5 Å². The number of carbonyl (C=O) groups is 1. The highest BCUT2D eigenvalue weighted by molar-refractivity contribution is 6.12. The van der Waals surface area contributed by atoms with Crippen LogP contribution >= 0.6 is 0 Å². The van der Waals surface area contributed by atoms with E-state index in [1.807, 2.05) is 93.6 Å². The van der Waals surface area contributed by atoms with E-state index in [4.69, 9.17) is 18.7 Å². The summed E-state index contributed by atoms with van der Waals surface area (Å²) in [5.41, 5.74) is 6.05. The van der Waals surface area contributed by atoms with E-state index in [0.29, 0.717) is 35.4 Å². The van der Waals surface area contributed by atoms with E-state index in [1.54, 1.807) is 6.92 Å². The number of ether oxygens (including phenoxy) is 2. The van der Waals surface area contributed by atoms with Crippen LogP contribution in [0.1, 0.15) is 40.6 Å². The van der Waals surface area contributed by atoms with E-state index < -0.39 is 5.97 Å². The van der Waals surface area contributed by atoms with Crippen molar-refractivity contribution in [3.05, 3.63) is 107 Å². The van der Waals surface area contributed by atoms with Crippen LogP contribution in [0.2, 0.25) is 0 Å². The Morgan fingerprint density at radius 2 is 1.70 bits per heavy atom. The summed E-state index contributed by atoms with van der Waals surface area (Å²) >= 11 is 0. The Morgan fingerprint density at radius 1 is 0.946 bits per heavy atom. The third-order valence-electron chi connectivity index (χ3n) is 5.69. The molecule has 0 spiro atoms. The predicted molar refractivity (Wildman–Crippen MR) is 142 cm³/mol. The molecule has 0 saturated carbocycles. The van der Waals surface area contributed by atoms with Crippen molar-refractivity contribution >= 4 is 11.7 Å². The molecule has 4 rings (SSSR count). The largest absolute Gasteiger partial charge is 0.482 e. The molecule has 1 aromatic heterocycles. The van der Waals surface area contributed by atoms with Crippen LogP contribution < -0.4 is 4.74 Å². The minimum atomic E-state index is -0.403. The Labute approximate surface area is 216 Å². The Bertz CT molecular complexity index is 1380. The molecule has 7 nitrogen and oxygen atoms in total. The third kappa shape index (κ3) is 6.64. The van der Waals surface area contributed by atoms with Gasteiger partial charge in [0, 0.05) is 16.7 Å². The number of benzene rings is 3. The van der Waals surface area contributed by atoms with Crippen LogP contribution in [0, 0.1) is 20.8 Å². The summed E-state index contributed by atoms with van der Waals surface area (Å²) in [4.78, 5) is 22.0. The second-order valence-corrected chi connectivity index (χ2v) is 8.54. The summed E-state index contributed by atoms with van der Waals surface area (Å²) in [7, 11) is 0. The van der Waals surface area contributed by atoms with E-state index in [1.165, 1.54) is 5.56 Å². The van der Waals surface area contributed by atoms with Crippen molar-refractivity contribution in [2.45, 2.75) is 34.3 Å². The van der Waals surface area contributed by atoms with E-state index in [0.717, 1.165) is 22.3 Å². The fraction of sp³-hybridized carbons (Fsp3) is 0.233. The Hall–Kier alpha value is -4.39.